The zero-order chi connectivity index (χ0) is 18.4. The second-order valence-corrected chi connectivity index (χ2v) is 6.26. The number of likely N-dealkylation sites (N-methyl/N-ethyl adjacent to an activating group) is 1. The molecule has 2 heterocycles. The molecule has 0 atom stereocenters. The summed E-state index contributed by atoms with van der Waals surface area (Å²) in [7, 11) is 2.14. The van der Waals surface area contributed by atoms with Crippen LogP contribution in [0.3, 0.4) is 0 Å². The average Bonchev–Trinajstić information content (AvgIpc) is 2.68. The number of carbonyl (C=O) groups excluding carboxylic acids is 1. The minimum absolute atomic E-state index is 0.275. The molecule has 1 aromatic carbocycles. The summed E-state index contributed by atoms with van der Waals surface area (Å²) in [6.07, 6.45) is 1.73. The second kappa shape index (κ2) is 8.44. The van der Waals surface area contributed by atoms with Gasteiger partial charge in [-0.25, -0.2) is 0 Å². The number of hydrogen-bond donors (Lipinski definition) is 2. The van der Waals surface area contributed by atoms with Gasteiger partial charge in [0.2, 0.25) is 0 Å². The Hall–Kier alpha value is -2.93. The van der Waals surface area contributed by atoms with Crippen LogP contribution in [0.4, 0.5) is 17.2 Å². The minimum Gasteiger partial charge on any atom is -0.369 e. The van der Waals surface area contributed by atoms with Crippen molar-refractivity contribution in [2.24, 2.45) is 0 Å². The fourth-order valence-electron chi connectivity index (χ4n) is 2.74. The van der Waals surface area contributed by atoms with Crippen LogP contribution in [-0.2, 0) is 0 Å². The largest absolute Gasteiger partial charge is 0.369 e. The van der Waals surface area contributed by atoms with Gasteiger partial charge in [-0.15, -0.1) is 16.8 Å². The lowest BCUT2D eigenvalue weighted by atomic mass is 10.2. The molecule has 2 aromatic rings. The van der Waals surface area contributed by atoms with Gasteiger partial charge in [-0.2, -0.15) is 0 Å². The first kappa shape index (κ1) is 17.9. The van der Waals surface area contributed by atoms with Crippen molar-refractivity contribution in [3.05, 3.63) is 54.7 Å². The van der Waals surface area contributed by atoms with E-state index in [-0.39, 0.29) is 11.6 Å². The molecule has 0 radical (unpaired) electrons. The third-order valence-electron chi connectivity index (χ3n) is 4.32. The van der Waals surface area contributed by atoms with Crippen molar-refractivity contribution in [1.29, 1.82) is 0 Å². The highest BCUT2D eigenvalue weighted by atomic mass is 16.1. The Morgan fingerprint density at radius 1 is 1.12 bits per heavy atom. The van der Waals surface area contributed by atoms with Crippen molar-refractivity contribution in [3.8, 4) is 0 Å². The number of piperazine rings is 1. The number of aromatic nitrogens is 2. The van der Waals surface area contributed by atoms with E-state index in [0.29, 0.717) is 12.4 Å². The van der Waals surface area contributed by atoms with Crippen LogP contribution in [0.25, 0.3) is 0 Å². The van der Waals surface area contributed by atoms with E-state index in [4.69, 9.17) is 0 Å². The molecule has 0 bridgehead atoms. The first-order valence-electron chi connectivity index (χ1n) is 8.69. The van der Waals surface area contributed by atoms with Gasteiger partial charge in [0.1, 0.15) is 5.82 Å². The van der Waals surface area contributed by atoms with Crippen molar-refractivity contribution in [3.63, 3.8) is 0 Å². The Labute approximate surface area is 153 Å². The van der Waals surface area contributed by atoms with Crippen molar-refractivity contribution in [1.82, 2.24) is 15.1 Å². The fourth-order valence-corrected chi connectivity index (χ4v) is 2.74. The van der Waals surface area contributed by atoms with Gasteiger partial charge < -0.3 is 20.4 Å². The topological polar surface area (TPSA) is 73.4 Å². The van der Waals surface area contributed by atoms with Crippen LogP contribution in [0, 0.1) is 0 Å². The average molecular weight is 352 g/mol. The Kier molecular flexibility index (Phi) is 5.80. The van der Waals surface area contributed by atoms with Crippen LogP contribution < -0.4 is 15.5 Å². The molecule has 0 saturated carbocycles. The Bertz CT molecular complexity index is 736. The van der Waals surface area contributed by atoms with Crippen molar-refractivity contribution in [2.75, 3.05) is 55.3 Å². The quantitative estimate of drug-likeness (QED) is 0.776. The molecule has 0 spiro atoms. The Morgan fingerprint density at radius 2 is 1.85 bits per heavy atom. The molecular formula is C19H24N6O. The number of benzene rings is 1. The van der Waals surface area contributed by atoms with Gasteiger partial charge >= 0.3 is 0 Å². The number of rotatable bonds is 6. The molecule has 0 unspecified atom stereocenters. The molecule has 1 aliphatic rings. The molecule has 0 aliphatic carbocycles. The number of anilines is 3. The summed E-state index contributed by atoms with van der Waals surface area (Å²) in [5.41, 5.74) is 2.19. The second-order valence-electron chi connectivity index (χ2n) is 6.26. The molecule has 7 heteroatoms. The highest BCUT2D eigenvalue weighted by Crippen LogP contribution is 2.19. The van der Waals surface area contributed by atoms with Gasteiger partial charge in [0, 0.05) is 44.1 Å². The Balaban J connectivity index is 1.58. The van der Waals surface area contributed by atoms with Crippen LogP contribution in [0.1, 0.15) is 10.5 Å². The molecule has 136 valence electrons. The molecular weight excluding hydrogens is 328 g/mol. The number of carbonyl (C=O) groups is 1. The van der Waals surface area contributed by atoms with Crippen molar-refractivity contribution in [2.45, 2.75) is 0 Å². The molecule has 1 aliphatic heterocycles. The van der Waals surface area contributed by atoms with E-state index in [1.807, 2.05) is 24.3 Å². The van der Waals surface area contributed by atoms with E-state index < -0.39 is 0 Å². The van der Waals surface area contributed by atoms with Gasteiger partial charge in [-0.05, 0) is 43.4 Å². The number of hydrogen-bond acceptors (Lipinski definition) is 6. The van der Waals surface area contributed by atoms with Gasteiger partial charge in [0.15, 0.2) is 5.69 Å². The normalized spacial score (nSPS) is 14.7. The summed E-state index contributed by atoms with van der Waals surface area (Å²) in [4.78, 5) is 17.0. The third kappa shape index (κ3) is 4.58. The first-order valence-corrected chi connectivity index (χ1v) is 8.69. The van der Waals surface area contributed by atoms with Crippen LogP contribution in [-0.4, -0.2) is 60.8 Å². The molecule has 1 fully saturated rings. The molecule has 3 rings (SSSR count). The van der Waals surface area contributed by atoms with Crippen LogP contribution >= 0.6 is 0 Å². The molecule has 2 N–H and O–H groups in total. The molecule has 1 saturated heterocycles. The highest BCUT2D eigenvalue weighted by molar-refractivity contribution is 6.02. The van der Waals surface area contributed by atoms with Gasteiger partial charge in [-0.1, -0.05) is 6.08 Å². The maximum atomic E-state index is 12.3. The van der Waals surface area contributed by atoms with E-state index in [0.717, 1.165) is 31.9 Å². The smallest absolute Gasteiger partial charge is 0.276 e. The molecule has 7 nitrogen and oxygen atoms in total. The summed E-state index contributed by atoms with van der Waals surface area (Å²) in [6.45, 7) is 8.39. The Morgan fingerprint density at radius 3 is 2.46 bits per heavy atom. The number of nitrogens with one attached hydrogen (secondary N) is 2. The lowest BCUT2D eigenvalue weighted by Gasteiger charge is -2.34. The summed E-state index contributed by atoms with van der Waals surface area (Å²) in [5, 5.41) is 13.8. The SMILES string of the molecule is C=CCNc1ccc(C(=O)Nc2ccc(N3CCN(C)CC3)cc2)nn1. The molecule has 1 aromatic heterocycles. The van der Waals surface area contributed by atoms with E-state index in [1.54, 1.807) is 18.2 Å². The van der Waals surface area contributed by atoms with E-state index in [1.165, 1.54) is 5.69 Å². The first-order chi connectivity index (χ1) is 12.7. The van der Waals surface area contributed by atoms with Gasteiger partial charge in [0.05, 0.1) is 0 Å². The zero-order valence-electron chi connectivity index (χ0n) is 15.0. The van der Waals surface area contributed by atoms with Crippen LogP contribution in [0.5, 0.6) is 0 Å². The zero-order valence-corrected chi connectivity index (χ0v) is 15.0. The maximum Gasteiger partial charge on any atom is 0.276 e. The van der Waals surface area contributed by atoms with E-state index >= 15 is 0 Å². The molecule has 1 amide bonds. The summed E-state index contributed by atoms with van der Waals surface area (Å²) >= 11 is 0. The maximum absolute atomic E-state index is 12.3. The predicted molar refractivity (Wildman–Crippen MR) is 105 cm³/mol. The predicted octanol–water partition coefficient (Wildman–Crippen LogP) is 2.08. The standard InChI is InChI=1S/C19H24N6O/c1-3-10-20-18-9-8-17(22-23-18)19(26)21-15-4-6-16(7-5-15)25-13-11-24(2)12-14-25/h3-9H,1,10-14H2,2H3,(H,20,23)(H,21,26). The lowest BCUT2D eigenvalue weighted by Crippen LogP contribution is -2.44. The third-order valence-corrected chi connectivity index (χ3v) is 4.32. The number of amides is 1. The number of nitrogens with zero attached hydrogens (tertiary/aromatic N) is 4. The van der Waals surface area contributed by atoms with Crippen LogP contribution in [0.2, 0.25) is 0 Å². The van der Waals surface area contributed by atoms with E-state index in [2.05, 4.69) is 44.3 Å². The monoisotopic (exact) mass is 352 g/mol. The van der Waals surface area contributed by atoms with Gasteiger partial charge in [0.25, 0.3) is 5.91 Å². The van der Waals surface area contributed by atoms with E-state index in [9.17, 15) is 4.79 Å². The highest BCUT2D eigenvalue weighted by Gasteiger charge is 2.14. The van der Waals surface area contributed by atoms with Crippen molar-refractivity contribution >= 4 is 23.1 Å². The summed E-state index contributed by atoms with van der Waals surface area (Å²) in [6, 6.07) is 11.3. The van der Waals surface area contributed by atoms with Crippen LogP contribution in [0.15, 0.2) is 49.1 Å². The fraction of sp³-hybridized carbons (Fsp3) is 0.316. The minimum atomic E-state index is -0.278. The summed E-state index contributed by atoms with van der Waals surface area (Å²) < 4.78 is 0. The van der Waals surface area contributed by atoms with Gasteiger partial charge in [-0.3, -0.25) is 4.79 Å². The van der Waals surface area contributed by atoms with Crippen molar-refractivity contribution < 1.29 is 4.79 Å². The summed E-state index contributed by atoms with van der Waals surface area (Å²) in [5.74, 6) is 0.332. The molecule has 26 heavy (non-hydrogen) atoms. The lowest BCUT2D eigenvalue weighted by molar-refractivity contribution is 0.102.